The third kappa shape index (κ3) is 5.45. The Morgan fingerprint density at radius 1 is 1.21 bits per heavy atom. The van der Waals surface area contributed by atoms with Crippen molar-refractivity contribution in [3.63, 3.8) is 0 Å². The van der Waals surface area contributed by atoms with Crippen LogP contribution in [0, 0.1) is 29.1 Å². The van der Waals surface area contributed by atoms with E-state index in [0.29, 0.717) is 13.1 Å². The van der Waals surface area contributed by atoms with Crippen LogP contribution in [0.4, 0.5) is 4.79 Å². The molecule has 0 bridgehead atoms. The summed E-state index contributed by atoms with van der Waals surface area (Å²) in [6, 6.07) is 7.53. The first-order chi connectivity index (χ1) is 15.7. The molecule has 0 spiro atoms. The zero-order valence-corrected chi connectivity index (χ0v) is 20.7. The first-order valence-electron chi connectivity index (χ1n) is 12.3. The summed E-state index contributed by atoms with van der Waals surface area (Å²) < 4.78 is 5.38. The van der Waals surface area contributed by atoms with Gasteiger partial charge in [0.15, 0.2) is 0 Å². The molecular weight excluding hydrogens is 418 g/mol. The average molecular weight is 460 g/mol. The fraction of sp³-hybridized carbons (Fsp3) is 0.692. The van der Waals surface area contributed by atoms with E-state index in [-0.39, 0.29) is 47.1 Å². The number of methoxy groups -OCH3 is 1. The monoisotopic (exact) mass is 459 g/mol. The first-order valence-corrected chi connectivity index (χ1v) is 12.3. The molecule has 184 valence electrons. The van der Waals surface area contributed by atoms with E-state index in [1.807, 2.05) is 38.1 Å². The summed E-state index contributed by atoms with van der Waals surface area (Å²) in [7, 11) is 1.62. The van der Waals surface area contributed by atoms with Crippen LogP contribution in [0.15, 0.2) is 24.3 Å². The van der Waals surface area contributed by atoms with Crippen LogP contribution in [0.25, 0.3) is 0 Å². The summed E-state index contributed by atoms with van der Waals surface area (Å²) in [5, 5.41) is 20.5. The van der Waals surface area contributed by atoms with Gasteiger partial charge in [0.25, 0.3) is 0 Å². The highest BCUT2D eigenvalue weighted by Gasteiger charge is 2.53. The van der Waals surface area contributed by atoms with Crippen molar-refractivity contribution in [2.45, 2.75) is 72.1 Å². The van der Waals surface area contributed by atoms with Crippen molar-refractivity contribution in [1.29, 1.82) is 0 Å². The molecule has 1 aromatic rings. The Morgan fingerprint density at radius 3 is 2.61 bits per heavy atom. The predicted octanol–water partition coefficient (Wildman–Crippen LogP) is 3.46. The van der Waals surface area contributed by atoms with Crippen LogP contribution in [0.2, 0.25) is 0 Å². The van der Waals surface area contributed by atoms with Gasteiger partial charge in [-0.15, -0.1) is 0 Å². The number of hydrogen-bond donors (Lipinski definition) is 4. The van der Waals surface area contributed by atoms with Gasteiger partial charge >= 0.3 is 6.03 Å². The van der Waals surface area contributed by atoms with Gasteiger partial charge in [0.05, 0.1) is 13.2 Å². The van der Waals surface area contributed by atoms with Crippen LogP contribution in [0.1, 0.15) is 58.9 Å². The second-order valence-corrected chi connectivity index (χ2v) is 10.2. The summed E-state index contributed by atoms with van der Waals surface area (Å²) in [4.78, 5) is 25.2. The maximum absolute atomic E-state index is 13.0. The van der Waals surface area contributed by atoms with Gasteiger partial charge in [-0.1, -0.05) is 39.0 Å². The largest absolute Gasteiger partial charge is 0.496 e. The van der Waals surface area contributed by atoms with Gasteiger partial charge in [-0.2, -0.15) is 0 Å². The lowest BCUT2D eigenvalue weighted by molar-refractivity contribution is -0.142. The third-order valence-corrected chi connectivity index (χ3v) is 8.24. The number of carbonyl (C=O) groups is 2. The third-order valence-electron chi connectivity index (χ3n) is 8.24. The number of ether oxygens (including phenoxy) is 1. The van der Waals surface area contributed by atoms with Gasteiger partial charge in [0.1, 0.15) is 5.75 Å². The zero-order chi connectivity index (χ0) is 24.2. The smallest absolute Gasteiger partial charge is 0.315 e. The molecule has 7 heteroatoms. The lowest BCUT2D eigenvalue weighted by Gasteiger charge is -2.56. The number of para-hydroxylation sites is 1. The Morgan fingerprint density at radius 2 is 1.91 bits per heavy atom. The molecule has 2 fully saturated rings. The molecule has 3 amide bonds. The standard InChI is InChI=1S/C26H41N3O4/c1-6-27-25(32)29-20-12-14-26(4)13-11-19(23(30)22(26)17(20)3)16(2)24(31)28-15-18-9-7-8-10-21(18)33-5/h7-10,16-17,19-20,22-23,30H,6,11-15H2,1-5H3,(H,28,31)(H2,27,29,32)/t16-,17+,19+,20+,22+,23-,26+/m0/s1. The van der Waals surface area contributed by atoms with Crippen LogP contribution >= 0.6 is 0 Å². The molecule has 7 nitrogen and oxygen atoms in total. The molecule has 2 aliphatic rings. The Hall–Kier alpha value is -2.28. The first kappa shape index (κ1) is 25.3. The molecular formula is C26H41N3O4. The minimum Gasteiger partial charge on any atom is -0.496 e. The van der Waals surface area contributed by atoms with E-state index in [1.54, 1.807) is 7.11 Å². The zero-order valence-electron chi connectivity index (χ0n) is 20.7. The molecule has 7 atom stereocenters. The van der Waals surface area contributed by atoms with Gasteiger partial charge < -0.3 is 25.8 Å². The Bertz CT molecular complexity index is 832. The molecule has 0 aliphatic heterocycles. The van der Waals surface area contributed by atoms with E-state index < -0.39 is 6.10 Å². The van der Waals surface area contributed by atoms with Crippen molar-refractivity contribution in [3.05, 3.63) is 29.8 Å². The second-order valence-electron chi connectivity index (χ2n) is 10.2. The summed E-state index contributed by atoms with van der Waals surface area (Å²) >= 11 is 0. The van der Waals surface area contributed by atoms with Crippen molar-refractivity contribution in [2.24, 2.45) is 29.1 Å². The summed E-state index contributed by atoms with van der Waals surface area (Å²) in [5.74, 6) is 0.471. The lowest BCUT2D eigenvalue weighted by atomic mass is 9.52. The van der Waals surface area contributed by atoms with E-state index in [2.05, 4.69) is 29.8 Å². The number of aliphatic hydroxyl groups is 1. The molecule has 2 aliphatic carbocycles. The van der Waals surface area contributed by atoms with E-state index >= 15 is 0 Å². The Kier molecular flexibility index (Phi) is 8.27. The minimum absolute atomic E-state index is 0.0257. The SMILES string of the molecule is CCNC(=O)N[C@@H]1CC[C@@]2(C)CC[C@H]([C@H](C)C(=O)NCc3ccccc3OC)[C@H](O)[C@H]2[C@@H]1C. The van der Waals surface area contributed by atoms with Crippen molar-refractivity contribution in [3.8, 4) is 5.75 Å². The number of aliphatic hydroxyl groups excluding tert-OH is 1. The number of amides is 3. The number of hydrogen-bond acceptors (Lipinski definition) is 4. The number of carbonyl (C=O) groups excluding carboxylic acids is 2. The van der Waals surface area contributed by atoms with Crippen LogP contribution in [-0.4, -0.2) is 42.8 Å². The van der Waals surface area contributed by atoms with Crippen LogP contribution in [0.5, 0.6) is 5.75 Å². The topological polar surface area (TPSA) is 99.7 Å². The molecule has 2 saturated carbocycles. The van der Waals surface area contributed by atoms with E-state index in [4.69, 9.17) is 4.74 Å². The summed E-state index contributed by atoms with van der Waals surface area (Å²) in [6.45, 7) is 9.20. The van der Waals surface area contributed by atoms with Crippen molar-refractivity contribution in [2.75, 3.05) is 13.7 Å². The van der Waals surface area contributed by atoms with Gasteiger partial charge in [0.2, 0.25) is 5.91 Å². The number of urea groups is 1. The summed E-state index contributed by atoms with van der Waals surface area (Å²) in [5.41, 5.74) is 0.958. The van der Waals surface area contributed by atoms with Crippen molar-refractivity contribution < 1.29 is 19.4 Å². The van der Waals surface area contributed by atoms with Crippen LogP contribution in [-0.2, 0) is 11.3 Å². The number of benzene rings is 1. The fourth-order valence-corrected chi connectivity index (χ4v) is 6.26. The number of fused-ring (bicyclic) bond motifs is 1. The van der Waals surface area contributed by atoms with E-state index in [9.17, 15) is 14.7 Å². The molecule has 0 aromatic heterocycles. The van der Waals surface area contributed by atoms with Gasteiger partial charge in [-0.05, 0) is 61.8 Å². The minimum atomic E-state index is -0.579. The van der Waals surface area contributed by atoms with Crippen LogP contribution < -0.4 is 20.7 Å². The highest BCUT2D eigenvalue weighted by Crippen LogP contribution is 2.55. The van der Waals surface area contributed by atoms with Crippen LogP contribution in [0.3, 0.4) is 0 Å². The lowest BCUT2D eigenvalue weighted by Crippen LogP contribution is -2.59. The molecule has 0 heterocycles. The average Bonchev–Trinajstić information content (AvgIpc) is 2.79. The second kappa shape index (κ2) is 10.8. The maximum Gasteiger partial charge on any atom is 0.315 e. The van der Waals surface area contributed by atoms with E-state index in [1.165, 1.54) is 0 Å². The molecule has 4 N–H and O–H groups in total. The van der Waals surface area contributed by atoms with Gasteiger partial charge in [0, 0.05) is 30.6 Å². The molecule has 0 radical (unpaired) electrons. The summed E-state index contributed by atoms with van der Waals surface area (Å²) in [6.07, 6.45) is 3.12. The normalized spacial score (nSPS) is 32.2. The molecule has 3 rings (SSSR count). The van der Waals surface area contributed by atoms with Gasteiger partial charge in [-0.3, -0.25) is 4.79 Å². The fourth-order valence-electron chi connectivity index (χ4n) is 6.26. The highest BCUT2D eigenvalue weighted by molar-refractivity contribution is 5.78. The maximum atomic E-state index is 13.0. The predicted molar refractivity (Wildman–Crippen MR) is 129 cm³/mol. The molecule has 0 unspecified atom stereocenters. The molecule has 0 saturated heterocycles. The van der Waals surface area contributed by atoms with Crippen molar-refractivity contribution in [1.82, 2.24) is 16.0 Å². The highest BCUT2D eigenvalue weighted by atomic mass is 16.5. The molecule has 1 aromatic carbocycles. The van der Waals surface area contributed by atoms with Crippen molar-refractivity contribution >= 4 is 11.9 Å². The number of nitrogens with one attached hydrogen (secondary N) is 3. The molecule has 33 heavy (non-hydrogen) atoms. The Labute approximate surface area is 198 Å². The Balaban J connectivity index is 1.67. The van der Waals surface area contributed by atoms with E-state index in [0.717, 1.165) is 37.0 Å². The number of rotatable bonds is 7. The van der Waals surface area contributed by atoms with Gasteiger partial charge in [-0.25, -0.2) is 4.79 Å². The quantitative estimate of drug-likeness (QED) is 0.502.